The summed E-state index contributed by atoms with van der Waals surface area (Å²) in [5.41, 5.74) is 4.92. The van der Waals surface area contributed by atoms with Crippen LogP contribution >= 0.6 is 45.2 Å². The maximum absolute atomic E-state index is 10.2. The number of carbonyl (C=O) groups is 1. The van der Waals surface area contributed by atoms with E-state index in [1.165, 1.54) is 0 Å². The zero-order valence-electron chi connectivity index (χ0n) is 3.74. The van der Waals surface area contributed by atoms with Gasteiger partial charge in [-0.15, -0.1) is 0 Å². The summed E-state index contributed by atoms with van der Waals surface area (Å²) in [4.78, 5) is 10.2. The first-order valence-corrected chi connectivity index (χ1v) is 3.78. The van der Waals surface area contributed by atoms with Crippen LogP contribution in [0.1, 0.15) is 6.92 Å². The van der Waals surface area contributed by atoms with Crippen molar-refractivity contribution in [3.8, 4) is 0 Å². The standard InChI is InChI=1S/C3H5I2NO/c1-3(4,5)2(6)7/h1H3,(H2,6,7). The van der Waals surface area contributed by atoms with E-state index in [2.05, 4.69) is 0 Å². The zero-order valence-corrected chi connectivity index (χ0v) is 8.06. The van der Waals surface area contributed by atoms with Gasteiger partial charge in [0.05, 0.1) is 0 Å². The maximum Gasteiger partial charge on any atom is 0.243 e. The molecule has 2 nitrogen and oxygen atoms in total. The number of nitrogens with two attached hydrogens (primary N) is 1. The number of halogens is 2. The van der Waals surface area contributed by atoms with Crippen molar-refractivity contribution in [2.75, 3.05) is 0 Å². The third-order valence-corrected chi connectivity index (χ3v) is 1.50. The molecule has 7 heavy (non-hydrogen) atoms. The van der Waals surface area contributed by atoms with Crippen LogP contribution in [0.2, 0.25) is 0 Å². The molecule has 0 saturated carbocycles. The molecule has 0 heterocycles. The van der Waals surface area contributed by atoms with Crippen molar-refractivity contribution in [1.29, 1.82) is 0 Å². The first kappa shape index (κ1) is 7.93. The normalized spacial score (nSPS) is 11.3. The van der Waals surface area contributed by atoms with Crippen molar-refractivity contribution in [3.63, 3.8) is 0 Å². The van der Waals surface area contributed by atoms with Gasteiger partial charge in [-0.05, 0) is 6.92 Å². The fourth-order valence-electron chi connectivity index (χ4n) is 0. The zero-order chi connectivity index (χ0) is 6.08. The van der Waals surface area contributed by atoms with Crippen LogP contribution in [0, 0.1) is 0 Å². The summed E-state index contributed by atoms with van der Waals surface area (Å²) in [7, 11) is 0. The Morgan fingerprint density at radius 2 is 1.86 bits per heavy atom. The Labute approximate surface area is 69.5 Å². The molecule has 0 fully saturated rings. The summed E-state index contributed by atoms with van der Waals surface area (Å²) in [5.74, 6) is -0.284. The van der Waals surface area contributed by atoms with Gasteiger partial charge in [-0.2, -0.15) is 0 Å². The smallest absolute Gasteiger partial charge is 0.243 e. The molecule has 0 aliphatic heterocycles. The molecule has 0 aromatic rings. The SMILES string of the molecule is CC(I)(I)C(N)=O. The van der Waals surface area contributed by atoms with E-state index in [0.717, 1.165) is 0 Å². The molecule has 0 rings (SSSR count). The number of primary amides is 1. The quantitative estimate of drug-likeness (QED) is 0.569. The van der Waals surface area contributed by atoms with E-state index < -0.39 is 1.43 Å². The van der Waals surface area contributed by atoms with E-state index in [1.807, 2.05) is 45.2 Å². The van der Waals surface area contributed by atoms with Crippen LogP contribution in [0.5, 0.6) is 0 Å². The van der Waals surface area contributed by atoms with Crippen molar-refractivity contribution >= 4 is 51.1 Å². The highest BCUT2D eigenvalue weighted by atomic mass is 127. The van der Waals surface area contributed by atoms with Crippen LogP contribution in [0.3, 0.4) is 0 Å². The molecule has 0 aliphatic carbocycles. The van der Waals surface area contributed by atoms with Gasteiger partial charge in [-0.3, -0.25) is 4.79 Å². The lowest BCUT2D eigenvalue weighted by Crippen LogP contribution is -2.28. The highest BCUT2D eigenvalue weighted by Crippen LogP contribution is 2.25. The third kappa shape index (κ3) is 3.51. The van der Waals surface area contributed by atoms with E-state index in [-0.39, 0.29) is 5.91 Å². The molecular weight excluding hydrogens is 320 g/mol. The number of alkyl halides is 2. The Kier molecular flexibility index (Phi) is 2.80. The van der Waals surface area contributed by atoms with Gasteiger partial charge < -0.3 is 5.73 Å². The van der Waals surface area contributed by atoms with Gasteiger partial charge in [0.1, 0.15) is 1.43 Å². The highest BCUT2D eigenvalue weighted by molar-refractivity contribution is 14.2. The summed E-state index contributed by atoms with van der Waals surface area (Å²) < 4.78 is -0.421. The summed E-state index contributed by atoms with van der Waals surface area (Å²) in [5, 5.41) is 0. The molecule has 0 spiro atoms. The van der Waals surface area contributed by atoms with Crippen molar-refractivity contribution in [2.45, 2.75) is 8.35 Å². The highest BCUT2D eigenvalue weighted by Gasteiger charge is 2.21. The predicted octanol–water partition coefficient (Wildman–Crippen LogP) is 1.06. The molecule has 0 unspecified atom stereocenters. The van der Waals surface area contributed by atoms with E-state index >= 15 is 0 Å². The fourth-order valence-corrected chi connectivity index (χ4v) is 0. The Hall–Kier alpha value is 0.930. The fraction of sp³-hybridized carbons (Fsp3) is 0.667. The Balaban J connectivity index is 3.79. The van der Waals surface area contributed by atoms with Gasteiger partial charge in [0.25, 0.3) is 0 Å². The van der Waals surface area contributed by atoms with Crippen molar-refractivity contribution in [3.05, 3.63) is 0 Å². The second-order valence-corrected chi connectivity index (χ2v) is 7.63. The maximum atomic E-state index is 10.2. The number of hydrogen-bond acceptors (Lipinski definition) is 1. The average molecular weight is 325 g/mol. The van der Waals surface area contributed by atoms with Crippen LogP contribution < -0.4 is 5.73 Å². The Morgan fingerprint density at radius 3 is 1.86 bits per heavy atom. The molecule has 0 saturated heterocycles. The predicted molar refractivity (Wildman–Crippen MR) is 45.6 cm³/mol. The minimum atomic E-state index is -0.421. The minimum Gasteiger partial charge on any atom is -0.368 e. The molecule has 0 aromatic heterocycles. The lowest BCUT2D eigenvalue weighted by Gasteiger charge is -2.05. The molecule has 0 atom stereocenters. The van der Waals surface area contributed by atoms with E-state index in [0.29, 0.717) is 0 Å². The number of amides is 1. The van der Waals surface area contributed by atoms with Gasteiger partial charge >= 0.3 is 0 Å². The molecule has 0 radical (unpaired) electrons. The second-order valence-electron chi connectivity index (χ2n) is 1.25. The molecule has 0 aromatic carbocycles. The van der Waals surface area contributed by atoms with Gasteiger partial charge in [-0.25, -0.2) is 0 Å². The second kappa shape index (κ2) is 2.47. The molecule has 0 aliphatic rings. The Morgan fingerprint density at radius 1 is 1.71 bits per heavy atom. The van der Waals surface area contributed by atoms with E-state index in [1.54, 1.807) is 6.92 Å². The molecule has 4 heteroatoms. The van der Waals surface area contributed by atoms with Gasteiger partial charge in [0.2, 0.25) is 5.91 Å². The molecular formula is C3H5I2NO. The van der Waals surface area contributed by atoms with Crippen LogP contribution in [-0.4, -0.2) is 7.34 Å². The monoisotopic (exact) mass is 325 g/mol. The van der Waals surface area contributed by atoms with Gasteiger partial charge in [0, 0.05) is 0 Å². The summed E-state index contributed by atoms with van der Waals surface area (Å²) in [6, 6.07) is 0. The van der Waals surface area contributed by atoms with E-state index in [9.17, 15) is 4.79 Å². The first-order valence-electron chi connectivity index (χ1n) is 1.62. The average Bonchev–Trinajstić information content (AvgIpc) is 1.31. The number of rotatable bonds is 1. The summed E-state index contributed by atoms with van der Waals surface area (Å²) in [6.07, 6.45) is 0. The van der Waals surface area contributed by atoms with Crippen molar-refractivity contribution in [1.82, 2.24) is 0 Å². The van der Waals surface area contributed by atoms with Gasteiger partial charge in [0.15, 0.2) is 0 Å². The topological polar surface area (TPSA) is 43.1 Å². The van der Waals surface area contributed by atoms with Crippen LogP contribution in [-0.2, 0) is 4.79 Å². The van der Waals surface area contributed by atoms with Crippen molar-refractivity contribution < 1.29 is 4.79 Å². The molecule has 0 bridgehead atoms. The lowest BCUT2D eigenvalue weighted by atomic mass is 10.5. The number of hydrogen-bond donors (Lipinski definition) is 1. The van der Waals surface area contributed by atoms with Crippen molar-refractivity contribution in [2.24, 2.45) is 5.73 Å². The van der Waals surface area contributed by atoms with Gasteiger partial charge in [-0.1, -0.05) is 45.2 Å². The molecule has 1 amide bonds. The van der Waals surface area contributed by atoms with E-state index in [4.69, 9.17) is 5.73 Å². The minimum absolute atomic E-state index is 0.284. The number of carbonyl (C=O) groups excluding carboxylic acids is 1. The largest absolute Gasteiger partial charge is 0.368 e. The first-order chi connectivity index (χ1) is 2.94. The lowest BCUT2D eigenvalue weighted by molar-refractivity contribution is -0.117. The molecule has 42 valence electrons. The van der Waals surface area contributed by atoms with Crippen LogP contribution in [0.25, 0.3) is 0 Å². The van der Waals surface area contributed by atoms with Crippen LogP contribution in [0.4, 0.5) is 0 Å². The third-order valence-electron chi connectivity index (χ3n) is 0.433. The summed E-state index contributed by atoms with van der Waals surface area (Å²) in [6.45, 7) is 1.76. The summed E-state index contributed by atoms with van der Waals surface area (Å²) >= 11 is 3.96. The Bertz CT molecular complexity index is 85.4. The molecule has 2 N–H and O–H groups in total. The van der Waals surface area contributed by atoms with Crippen LogP contribution in [0.15, 0.2) is 0 Å².